The Morgan fingerprint density at radius 2 is 1.61 bits per heavy atom. The topological polar surface area (TPSA) is 85.3 Å². The summed E-state index contributed by atoms with van der Waals surface area (Å²) in [5.74, 6) is -0.876. The smallest absolute Gasteiger partial charge is 0.295 e. The van der Waals surface area contributed by atoms with Crippen LogP contribution in [-0.2, 0) is 16.1 Å². The Balaban J connectivity index is 1.88. The van der Waals surface area contributed by atoms with Crippen LogP contribution in [0.2, 0.25) is 0 Å². The molecule has 1 fully saturated rings. The number of Topliss-reactive ketones (excluding diaryl/α,β-unsaturated/α-hetero) is 1. The number of carbonyl (C=O) groups is 2. The SMILES string of the molecule is COc1ccc(CN2C(=O)C(=O)/C(=C(\O)c3ccc(F)c(C)c3)C2c2ccc(OC)c(OC)c2)cc1. The normalized spacial score (nSPS) is 16.8. The molecule has 0 aromatic heterocycles. The molecule has 1 aliphatic heterocycles. The molecule has 186 valence electrons. The fourth-order valence-electron chi connectivity index (χ4n) is 4.29. The third-order valence-corrected chi connectivity index (χ3v) is 6.21. The predicted octanol–water partition coefficient (Wildman–Crippen LogP) is 4.78. The van der Waals surface area contributed by atoms with E-state index in [1.807, 2.05) is 0 Å². The molecular formula is C28H26FNO6. The van der Waals surface area contributed by atoms with Gasteiger partial charge in [0.2, 0.25) is 0 Å². The number of amides is 1. The number of carbonyl (C=O) groups excluding carboxylic acids is 2. The maximum Gasteiger partial charge on any atom is 0.295 e. The number of methoxy groups -OCH3 is 3. The molecule has 1 N–H and O–H groups in total. The van der Waals surface area contributed by atoms with Crippen molar-refractivity contribution in [2.45, 2.75) is 19.5 Å². The average molecular weight is 492 g/mol. The van der Waals surface area contributed by atoms with Crippen molar-refractivity contribution in [1.82, 2.24) is 4.90 Å². The second-order valence-electron chi connectivity index (χ2n) is 8.35. The molecule has 0 bridgehead atoms. The lowest BCUT2D eigenvalue weighted by Crippen LogP contribution is -2.29. The van der Waals surface area contributed by atoms with Gasteiger partial charge in [0.25, 0.3) is 11.7 Å². The second-order valence-corrected chi connectivity index (χ2v) is 8.35. The van der Waals surface area contributed by atoms with Gasteiger partial charge in [-0.3, -0.25) is 9.59 Å². The number of nitrogens with zero attached hydrogens (tertiary/aromatic N) is 1. The van der Waals surface area contributed by atoms with Crippen LogP contribution < -0.4 is 14.2 Å². The summed E-state index contributed by atoms with van der Waals surface area (Å²) < 4.78 is 29.8. The fourth-order valence-corrected chi connectivity index (χ4v) is 4.29. The summed E-state index contributed by atoms with van der Waals surface area (Å²) in [6.45, 7) is 1.66. The van der Waals surface area contributed by atoms with Gasteiger partial charge in [-0.2, -0.15) is 0 Å². The summed E-state index contributed by atoms with van der Waals surface area (Å²) >= 11 is 0. The van der Waals surface area contributed by atoms with Crippen LogP contribution in [0.4, 0.5) is 4.39 Å². The zero-order chi connectivity index (χ0) is 26.0. The van der Waals surface area contributed by atoms with Gasteiger partial charge in [0.1, 0.15) is 17.3 Å². The molecule has 1 amide bonds. The molecule has 1 atom stereocenters. The second kappa shape index (κ2) is 10.1. The Kier molecular flexibility index (Phi) is 6.96. The highest BCUT2D eigenvalue weighted by Crippen LogP contribution is 2.42. The van der Waals surface area contributed by atoms with E-state index in [0.29, 0.717) is 28.4 Å². The van der Waals surface area contributed by atoms with Crippen molar-refractivity contribution in [1.29, 1.82) is 0 Å². The van der Waals surface area contributed by atoms with Gasteiger partial charge in [-0.1, -0.05) is 18.2 Å². The lowest BCUT2D eigenvalue weighted by atomic mass is 9.94. The lowest BCUT2D eigenvalue weighted by Gasteiger charge is -2.26. The third-order valence-electron chi connectivity index (χ3n) is 6.21. The molecule has 1 heterocycles. The average Bonchev–Trinajstić information content (AvgIpc) is 3.14. The van der Waals surface area contributed by atoms with Crippen molar-refractivity contribution in [3.05, 3.63) is 94.3 Å². The molecule has 0 spiro atoms. The minimum atomic E-state index is -0.919. The fraction of sp³-hybridized carbons (Fsp3) is 0.214. The Bertz CT molecular complexity index is 1350. The highest BCUT2D eigenvalue weighted by molar-refractivity contribution is 6.46. The number of ketones is 1. The van der Waals surface area contributed by atoms with E-state index in [4.69, 9.17) is 14.2 Å². The van der Waals surface area contributed by atoms with Crippen molar-refractivity contribution >= 4 is 17.4 Å². The van der Waals surface area contributed by atoms with Gasteiger partial charge in [-0.15, -0.1) is 0 Å². The van der Waals surface area contributed by atoms with Crippen LogP contribution >= 0.6 is 0 Å². The first kappa shape index (κ1) is 24.8. The molecule has 1 aliphatic rings. The Hall–Kier alpha value is -4.33. The van der Waals surface area contributed by atoms with Crippen LogP contribution in [0.1, 0.15) is 28.3 Å². The number of hydrogen-bond acceptors (Lipinski definition) is 6. The zero-order valence-electron chi connectivity index (χ0n) is 20.4. The summed E-state index contributed by atoms with van der Waals surface area (Å²) in [7, 11) is 4.54. The molecule has 1 saturated heterocycles. The van der Waals surface area contributed by atoms with Crippen LogP contribution in [-0.4, -0.2) is 43.0 Å². The molecule has 3 aromatic rings. The minimum Gasteiger partial charge on any atom is -0.507 e. The van der Waals surface area contributed by atoms with Gasteiger partial charge in [-0.05, 0) is 66.1 Å². The van der Waals surface area contributed by atoms with Crippen LogP contribution in [0.25, 0.3) is 5.76 Å². The molecule has 3 aromatic carbocycles. The number of likely N-dealkylation sites (tertiary alicyclic amines) is 1. The van der Waals surface area contributed by atoms with Crippen molar-refractivity contribution in [2.75, 3.05) is 21.3 Å². The molecule has 1 unspecified atom stereocenters. The van der Waals surface area contributed by atoms with Crippen LogP contribution in [0.15, 0.2) is 66.2 Å². The number of aliphatic hydroxyl groups excluding tert-OH is 1. The minimum absolute atomic E-state index is 0.0910. The summed E-state index contributed by atoms with van der Waals surface area (Å²) in [4.78, 5) is 27.9. The Labute approximate surface area is 208 Å². The van der Waals surface area contributed by atoms with E-state index in [-0.39, 0.29) is 23.4 Å². The van der Waals surface area contributed by atoms with E-state index in [1.54, 1.807) is 56.5 Å². The first-order valence-corrected chi connectivity index (χ1v) is 11.2. The highest BCUT2D eigenvalue weighted by atomic mass is 19.1. The van der Waals surface area contributed by atoms with Crippen LogP contribution in [0, 0.1) is 12.7 Å². The molecule has 8 heteroatoms. The van der Waals surface area contributed by atoms with E-state index in [9.17, 15) is 19.1 Å². The summed E-state index contributed by atoms with van der Waals surface area (Å²) in [6, 6.07) is 15.3. The van der Waals surface area contributed by atoms with Gasteiger partial charge in [0.15, 0.2) is 11.5 Å². The first-order valence-electron chi connectivity index (χ1n) is 11.2. The van der Waals surface area contributed by atoms with Gasteiger partial charge < -0.3 is 24.2 Å². The van der Waals surface area contributed by atoms with Crippen molar-refractivity contribution < 1.29 is 33.3 Å². The third kappa shape index (κ3) is 4.49. The number of halogens is 1. The van der Waals surface area contributed by atoms with E-state index >= 15 is 0 Å². The maximum atomic E-state index is 13.9. The van der Waals surface area contributed by atoms with Crippen LogP contribution in [0.5, 0.6) is 17.2 Å². The quantitative estimate of drug-likeness (QED) is 0.291. The summed E-state index contributed by atoms with van der Waals surface area (Å²) in [5, 5.41) is 11.2. The van der Waals surface area contributed by atoms with Crippen LogP contribution in [0.3, 0.4) is 0 Å². The number of ether oxygens (including phenoxy) is 3. The number of aryl methyl sites for hydroxylation is 1. The number of aliphatic hydroxyl groups is 1. The molecular weight excluding hydrogens is 465 g/mol. The molecule has 36 heavy (non-hydrogen) atoms. The summed E-state index contributed by atoms with van der Waals surface area (Å²) in [5.41, 5.74) is 1.75. The van der Waals surface area contributed by atoms with Gasteiger partial charge >= 0.3 is 0 Å². The van der Waals surface area contributed by atoms with E-state index in [2.05, 4.69) is 0 Å². The van der Waals surface area contributed by atoms with Gasteiger partial charge in [-0.25, -0.2) is 4.39 Å². The lowest BCUT2D eigenvalue weighted by molar-refractivity contribution is -0.140. The monoisotopic (exact) mass is 491 g/mol. The molecule has 7 nitrogen and oxygen atoms in total. The molecule has 0 saturated carbocycles. The van der Waals surface area contributed by atoms with E-state index < -0.39 is 23.5 Å². The van der Waals surface area contributed by atoms with E-state index in [0.717, 1.165) is 5.56 Å². The van der Waals surface area contributed by atoms with E-state index in [1.165, 1.54) is 37.3 Å². The summed E-state index contributed by atoms with van der Waals surface area (Å²) in [6.07, 6.45) is 0. The van der Waals surface area contributed by atoms with Gasteiger partial charge in [0.05, 0.1) is 32.9 Å². The van der Waals surface area contributed by atoms with Crippen molar-refractivity contribution in [2.24, 2.45) is 0 Å². The molecule has 4 rings (SSSR count). The first-order chi connectivity index (χ1) is 17.3. The standard InChI is InChI=1S/C28H26FNO6/c1-16-13-19(7-11-21(16)29)26(31)24-25(18-8-12-22(35-3)23(14-18)36-4)30(28(33)27(24)32)15-17-5-9-20(34-2)10-6-17/h5-14,25,31H,15H2,1-4H3/b26-24-. The maximum absolute atomic E-state index is 13.9. The zero-order valence-corrected chi connectivity index (χ0v) is 20.4. The van der Waals surface area contributed by atoms with Crippen molar-refractivity contribution in [3.63, 3.8) is 0 Å². The molecule has 0 radical (unpaired) electrons. The number of rotatable bonds is 7. The Morgan fingerprint density at radius 3 is 2.22 bits per heavy atom. The molecule has 0 aliphatic carbocycles. The number of hydrogen-bond donors (Lipinski definition) is 1. The Morgan fingerprint density at radius 1 is 0.917 bits per heavy atom. The largest absolute Gasteiger partial charge is 0.507 e. The predicted molar refractivity (Wildman–Crippen MR) is 132 cm³/mol. The van der Waals surface area contributed by atoms with Gasteiger partial charge in [0, 0.05) is 12.1 Å². The number of benzene rings is 3. The highest BCUT2D eigenvalue weighted by Gasteiger charge is 2.46. The van der Waals surface area contributed by atoms with Crippen molar-refractivity contribution in [3.8, 4) is 17.2 Å².